The predicted molar refractivity (Wildman–Crippen MR) is 90.6 cm³/mol. The van der Waals surface area contributed by atoms with Gasteiger partial charge in [-0.1, -0.05) is 39.0 Å². The molecule has 1 aromatic carbocycles. The van der Waals surface area contributed by atoms with Crippen LogP contribution < -0.4 is 10.6 Å². The lowest BCUT2D eigenvalue weighted by Crippen LogP contribution is -2.50. The SMILES string of the molecule is CC1Cc2ccccc2N1CC1CCC(N)C(C)C1(C)C. The Hall–Kier alpha value is -1.02. The topological polar surface area (TPSA) is 29.3 Å². The van der Waals surface area contributed by atoms with E-state index in [0.717, 1.165) is 5.92 Å². The Labute approximate surface area is 129 Å². The lowest BCUT2D eigenvalue weighted by Gasteiger charge is -2.48. The second-order valence-electron chi connectivity index (χ2n) is 7.88. The molecular weight excluding hydrogens is 256 g/mol. The van der Waals surface area contributed by atoms with Crippen LogP contribution in [0.15, 0.2) is 24.3 Å². The van der Waals surface area contributed by atoms with E-state index in [-0.39, 0.29) is 0 Å². The van der Waals surface area contributed by atoms with Crippen molar-refractivity contribution in [3.63, 3.8) is 0 Å². The number of hydrogen-bond acceptors (Lipinski definition) is 2. The summed E-state index contributed by atoms with van der Waals surface area (Å²) in [5.41, 5.74) is 9.62. The maximum atomic E-state index is 6.31. The molecule has 0 spiro atoms. The first-order chi connectivity index (χ1) is 9.91. The molecule has 2 aliphatic rings. The summed E-state index contributed by atoms with van der Waals surface area (Å²) >= 11 is 0. The van der Waals surface area contributed by atoms with Crippen molar-refractivity contribution in [2.75, 3.05) is 11.4 Å². The summed E-state index contributed by atoms with van der Waals surface area (Å²) in [6.45, 7) is 10.7. The number of nitrogens with zero attached hydrogens (tertiary/aromatic N) is 1. The maximum absolute atomic E-state index is 6.31. The van der Waals surface area contributed by atoms with Crippen molar-refractivity contribution in [3.8, 4) is 0 Å². The number of para-hydroxylation sites is 1. The second-order valence-corrected chi connectivity index (χ2v) is 7.88. The van der Waals surface area contributed by atoms with Crippen LogP contribution in [0.4, 0.5) is 5.69 Å². The number of rotatable bonds is 2. The molecule has 2 N–H and O–H groups in total. The first-order valence-electron chi connectivity index (χ1n) is 8.51. The van der Waals surface area contributed by atoms with E-state index < -0.39 is 0 Å². The Morgan fingerprint density at radius 1 is 1.19 bits per heavy atom. The molecule has 1 aliphatic heterocycles. The third kappa shape index (κ3) is 2.48. The smallest absolute Gasteiger partial charge is 0.0402 e. The fourth-order valence-corrected chi connectivity index (χ4v) is 4.41. The summed E-state index contributed by atoms with van der Waals surface area (Å²) in [6, 6.07) is 9.93. The maximum Gasteiger partial charge on any atom is 0.0402 e. The molecule has 2 nitrogen and oxygen atoms in total. The van der Waals surface area contributed by atoms with Crippen LogP contribution in [0, 0.1) is 17.3 Å². The van der Waals surface area contributed by atoms with Gasteiger partial charge in [0.1, 0.15) is 0 Å². The minimum atomic E-state index is 0.328. The lowest BCUT2D eigenvalue weighted by molar-refractivity contribution is 0.0575. The van der Waals surface area contributed by atoms with Crippen molar-refractivity contribution in [2.45, 2.75) is 59.0 Å². The van der Waals surface area contributed by atoms with E-state index in [4.69, 9.17) is 5.73 Å². The highest BCUT2D eigenvalue weighted by Gasteiger charge is 2.43. The van der Waals surface area contributed by atoms with Crippen molar-refractivity contribution in [2.24, 2.45) is 23.0 Å². The second kappa shape index (κ2) is 5.31. The molecule has 1 saturated carbocycles. The molecule has 21 heavy (non-hydrogen) atoms. The summed E-state index contributed by atoms with van der Waals surface area (Å²) in [5.74, 6) is 1.34. The van der Waals surface area contributed by atoms with Gasteiger partial charge in [0.2, 0.25) is 0 Å². The van der Waals surface area contributed by atoms with E-state index in [9.17, 15) is 0 Å². The highest BCUT2D eigenvalue weighted by molar-refractivity contribution is 5.59. The molecule has 116 valence electrons. The highest BCUT2D eigenvalue weighted by Crippen LogP contribution is 2.46. The van der Waals surface area contributed by atoms with Crippen molar-refractivity contribution < 1.29 is 0 Å². The standard InChI is InChI=1S/C19H30N2/c1-13-11-15-7-5-6-8-18(15)21(13)12-16-9-10-17(20)14(2)19(16,3)4/h5-8,13-14,16-17H,9-12,20H2,1-4H3. The van der Waals surface area contributed by atoms with Crippen LogP contribution in [0.5, 0.6) is 0 Å². The summed E-state index contributed by atoms with van der Waals surface area (Å²) in [6.07, 6.45) is 3.64. The lowest BCUT2D eigenvalue weighted by atomic mass is 9.61. The van der Waals surface area contributed by atoms with Gasteiger partial charge in [-0.05, 0) is 55.1 Å². The Morgan fingerprint density at radius 3 is 2.67 bits per heavy atom. The zero-order valence-corrected chi connectivity index (χ0v) is 14.0. The van der Waals surface area contributed by atoms with Gasteiger partial charge in [-0.15, -0.1) is 0 Å². The zero-order chi connectivity index (χ0) is 15.2. The molecule has 1 fully saturated rings. The molecule has 1 aromatic rings. The fourth-order valence-electron chi connectivity index (χ4n) is 4.41. The average Bonchev–Trinajstić information content (AvgIpc) is 2.76. The van der Waals surface area contributed by atoms with Crippen molar-refractivity contribution in [1.29, 1.82) is 0 Å². The van der Waals surface area contributed by atoms with Gasteiger partial charge in [0, 0.05) is 24.3 Å². The molecule has 1 heterocycles. The van der Waals surface area contributed by atoms with Gasteiger partial charge in [0.15, 0.2) is 0 Å². The first kappa shape index (κ1) is 14.9. The molecule has 0 radical (unpaired) electrons. The molecule has 0 saturated heterocycles. The molecule has 2 heteroatoms. The molecule has 4 atom stereocenters. The van der Waals surface area contributed by atoms with Gasteiger partial charge in [0.25, 0.3) is 0 Å². The molecule has 0 aromatic heterocycles. The number of fused-ring (bicyclic) bond motifs is 1. The van der Waals surface area contributed by atoms with Gasteiger partial charge in [-0.25, -0.2) is 0 Å². The van der Waals surface area contributed by atoms with E-state index in [0.29, 0.717) is 23.4 Å². The van der Waals surface area contributed by atoms with Gasteiger partial charge in [-0.2, -0.15) is 0 Å². The number of nitrogens with two attached hydrogens (primary N) is 1. The van der Waals surface area contributed by atoms with E-state index in [1.165, 1.54) is 37.1 Å². The van der Waals surface area contributed by atoms with Gasteiger partial charge >= 0.3 is 0 Å². The summed E-state index contributed by atoms with van der Waals surface area (Å²) < 4.78 is 0. The van der Waals surface area contributed by atoms with Crippen LogP contribution in [0.2, 0.25) is 0 Å². The van der Waals surface area contributed by atoms with Crippen LogP contribution in [0.3, 0.4) is 0 Å². The summed E-state index contributed by atoms with van der Waals surface area (Å²) in [7, 11) is 0. The monoisotopic (exact) mass is 286 g/mol. The van der Waals surface area contributed by atoms with Crippen molar-refractivity contribution in [1.82, 2.24) is 0 Å². The van der Waals surface area contributed by atoms with E-state index >= 15 is 0 Å². The van der Waals surface area contributed by atoms with Crippen LogP contribution in [0.25, 0.3) is 0 Å². The van der Waals surface area contributed by atoms with Gasteiger partial charge in [-0.3, -0.25) is 0 Å². The van der Waals surface area contributed by atoms with E-state index in [1.54, 1.807) is 0 Å². The van der Waals surface area contributed by atoms with Crippen LogP contribution in [-0.2, 0) is 6.42 Å². The molecular formula is C19H30N2. The largest absolute Gasteiger partial charge is 0.368 e. The Kier molecular flexibility index (Phi) is 3.77. The molecule has 0 bridgehead atoms. The Bertz CT molecular complexity index is 508. The highest BCUT2D eigenvalue weighted by atomic mass is 15.2. The minimum Gasteiger partial charge on any atom is -0.368 e. The van der Waals surface area contributed by atoms with Crippen LogP contribution in [0.1, 0.15) is 46.1 Å². The molecule has 1 aliphatic carbocycles. The van der Waals surface area contributed by atoms with Crippen molar-refractivity contribution >= 4 is 5.69 Å². The third-order valence-corrected chi connectivity index (χ3v) is 6.48. The van der Waals surface area contributed by atoms with Crippen molar-refractivity contribution in [3.05, 3.63) is 29.8 Å². The quantitative estimate of drug-likeness (QED) is 0.895. The Morgan fingerprint density at radius 2 is 1.90 bits per heavy atom. The normalized spacial score (nSPS) is 34.8. The fraction of sp³-hybridized carbons (Fsp3) is 0.684. The van der Waals surface area contributed by atoms with Crippen LogP contribution in [-0.4, -0.2) is 18.6 Å². The molecule has 0 amide bonds. The summed E-state index contributed by atoms with van der Waals surface area (Å²) in [5, 5.41) is 0. The molecule has 4 unspecified atom stereocenters. The Balaban J connectivity index is 1.81. The van der Waals surface area contributed by atoms with Crippen LogP contribution >= 0.6 is 0 Å². The summed E-state index contributed by atoms with van der Waals surface area (Å²) in [4.78, 5) is 2.64. The third-order valence-electron chi connectivity index (χ3n) is 6.48. The average molecular weight is 286 g/mol. The zero-order valence-electron chi connectivity index (χ0n) is 14.0. The first-order valence-corrected chi connectivity index (χ1v) is 8.51. The van der Waals surface area contributed by atoms with Gasteiger partial charge in [0.05, 0.1) is 0 Å². The number of hydrogen-bond donors (Lipinski definition) is 1. The number of anilines is 1. The molecule has 3 rings (SSSR count). The predicted octanol–water partition coefficient (Wildman–Crippen LogP) is 3.84. The van der Waals surface area contributed by atoms with E-state index in [2.05, 4.69) is 56.9 Å². The minimum absolute atomic E-state index is 0.328. The van der Waals surface area contributed by atoms with E-state index in [1.807, 2.05) is 0 Å². The van der Waals surface area contributed by atoms with Gasteiger partial charge < -0.3 is 10.6 Å². The number of benzene rings is 1.